The number of halogens is 1. The average Bonchev–Trinajstić information content (AvgIpc) is 3.17. The van der Waals surface area contributed by atoms with Gasteiger partial charge in [-0.05, 0) is 66.8 Å². The van der Waals surface area contributed by atoms with E-state index in [0.717, 1.165) is 5.56 Å². The minimum Gasteiger partial charge on any atom is -0.325 e. The molecule has 1 N–H and O–H groups in total. The number of hydrogen-bond donors (Lipinski definition) is 1. The second-order valence-corrected chi connectivity index (χ2v) is 8.66. The van der Waals surface area contributed by atoms with Crippen LogP contribution in [0.2, 0.25) is 0 Å². The van der Waals surface area contributed by atoms with Gasteiger partial charge in [0, 0.05) is 5.69 Å². The van der Waals surface area contributed by atoms with E-state index in [2.05, 4.69) is 10.3 Å². The zero-order valence-corrected chi connectivity index (χ0v) is 17.9. The maximum absolute atomic E-state index is 13.3. The van der Waals surface area contributed by atoms with Gasteiger partial charge in [0.15, 0.2) is 5.16 Å². The molecule has 5 nitrogen and oxygen atoms in total. The Labute approximate surface area is 180 Å². The first kappa shape index (κ1) is 20.3. The second-order valence-electron chi connectivity index (χ2n) is 6.81. The van der Waals surface area contributed by atoms with E-state index in [1.54, 1.807) is 17.6 Å². The Morgan fingerprint density at radius 1 is 1.20 bits per heavy atom. The minimum atomic E-state index is -0.352. The number of nitrogens with one attached hydrogen (secondary N) is 1. The Morgan fingerprint density at radius 3 is 2.80 bits per heavy atom. The lowest BCUT2D eigenvalue weighted by atomic mass is 10.2. The van der Waals surface area contributed by atoms with E-state index in [0.29, 0.717) is 32.3 Å². The van der Waals surface area contributed by atoms with Gasteiger partial charge in [0.05, 0.1) is 17.0 Å². The number of aromatic nitrogens is 2. The fraction of sp³-hybridized carbons (Fsp3) is 0.136. The van der Waals surface area contributed by atoms with Crippen LogP contribution in [0.15, 0.2) is 63.9 Å². The molecule has 0 unspecified atom stereocenters. The number of thioether (sulfide) groups is 1. The highest BCUT2D eigenvalue weighted by atomic mass is 32.2. The van der Waals surface area contributed by atoms with Gasteiger partial charge < -0.3 is 5.32 Å². The van der Waals surface area contributed by atoms with E-state index in [1.165, 1.54) is 41.3 Å². The summed E-state index contributed by atoms with van der Waals surface area (Å²) in [5.41, 5.74) is 3.39. The molecular weight excluding hydrogens is 421 g/mol. The van der Waals surface area contributed by atoms with E-state index < -0.39 is 0 Å². The maximum Gasteiger partial charge on any atom is 0.276 e. The van der Waals surface area contributed by atoms with Crippen molar-refractivity contribution in [3.8, 4) is 5.69 Å². The third-order valence-corrected chi connectivity index (χ3v) is 6.33. The summed E-state index contributed by atoms with van der Waals surface area (Å²) in [6.45, 7) is 3.68. The van der Waals surface area contributed by atoms with Crippen molar-refractivity contribution in [2.24, 2.45) is 0 Å². The van der Waals surface area contributed by atoms with Crippen LogP contribution in [0.3, 0.4) is 0 Å². The molecule has 2 aromatic heterocycles. The fourth-order valence-corrected chi connectivity index (χ4v) is 4.64. The van der Waals surface area contributed by atoms with Crippen molar-refractivity contribution >= 4 is 44.9 Å². The summed E-state index contributed by atoms with van der Waals surface area (Å²) >= 11 is 2.54. The zero-order chi connectivity index (χ0) is 21.3. The fourth-order valence-electron chi connectivity index (χ4n) is 3.07. The van der Waals surface area contributed by atoms with E-state index in [1.807, 2.05) is 36.6 Å². The average molecular weight is 440 g/mol. The van der Waals surface area contributed by atoms with E-state index >= 15 is 0 Å². The lowest BCUT2D eigenvalue weighted by Gasteiger charge is -2.13. The molecule has 0 radical (unpaired) electrons. The number of carbonyl (C=O) groups is 1. The van der Waals surface area contributed by atoms with Crippen LogP contribution in [-0.2, 0) is 4.79 Å². The number of fused-ring (bicyclic) bond motifs is 1. The van der Waals surface area contributed by atoms with Crippen LogP contribution in [0, 0.1) is 19.7 Å². The smallest absolute Gasteiger partial charge is 0.276 e. The number of rotatable bonds is 5. The number of anilines is 1. The standard InChI is InChI=1S/C22H18FN3O2S2/c1-13-4-3-5-16(10-13)26-21(28)20-18(8-9-29-20)25-22(26)30-12-19(27)24-17-7-6-15(23)11-14(17)2/h3-11H,12H2,1-2H3,(H,24,27). The number of carbonyl (C=O) groups excluding carboxylic acids is 1. The summed E-state index contributed by atoms with van der Waals surface area (Å²) in [4.78, 5) is 30.2. The minimum absolute atomic E-state index is 0.0602. The second kappa shape index (κ2) is 8.41. The topological polar surface area (TPSA) is 64.0 Å². The van der Waals surface area contributed by atoms with Crippen molar-refractivity contribution < 1.29 is 9.18 Å². The van der Waals surface area contributed by atoms with Crippen LogP contribution in [0.4, 0.5) is 10.1 Å². The summed E-state index contributed by atoms with van der Waals surface area (Å²) < 4.78 is 15.4. The summed E-state index contributed by atoms with van der Waals surface area (Å²) in [6.07, 6.45) is 0. The predicted octanol–water partition coefficient (Wildman–Crippen LogP) is 4.93. The van der Waals surface area contributed by atoms with Gasteiger partial charge >= 0.3 is 0 Å². The van der Waals surface area contributed by atoms with Gasteiger partial charge in [0.25, 0.3) is 5.56 Å². The Kier molecular flexibility index (Phi) is 5.69. The summed E-state index contributed by atoms with van der Waals surface area (Å²) in [6, 6.07) is 13.6. The third-order valence-electron chi connectivity index (χ3n) is 4.50. The zero-order valence-electron chi connectivity index (χ0n) is 16.3. The first-order valence-corrected chi connectivity index (χ1v) is 11.0. The highest BCUT2D eigenvalue weighted by Gasteiger charge is 2.16. The van der Waals surface area contributed by atoms with Crippen molar-refractivity contribution in [1.29, 1.82) is 0 Å². The van der Waals surface area contributed by atoms with Crippen LogP contribution in [-0.4, -0.2) is 21.2 Å². The van der Waals surface area contributed by atoms with Crippen LogP contribution in [0.1, 0.15) is 11.1 Å². The molecule has 2 heterocycles. The number of nitrogens with zero attached hydrogens (tertiary/aromatic N) is 2. The molecule has 30 heavy (non-hydrogen) atoms. The SMILES string of the molecule is Cc1cccc(-n2c(SCC(=O)Nc3ccc(F)cc3C)nc3ccsc3c2=O)c1. The number of amides is 1. The molecule has 1 amide bonds. The van der Waals surface area contributed by atoms with Gasteiger partial charge in [-0.1, -0.05) is 23.9 Å². The van der Waals surface area contributed by atoms with Gasteiger partial charge in [-0.2, -0.15) is 0 Å². The lowest BCUT2D eigenvalue weighted by Crippen LogP contribution is -2.22. The Hall–Kier alpha value is -2.97. The highest BCUT2D eigenvalue weighted by molar-refractivity contribution is 7.99. The summed E-state index contributed by atoms with van der Waals surface area (Å²) in [7, 11) is 0. The molecule has 2 aromatic carbocycles. The number of thiophene rings is 1. The Morgan fingerprint density at radius 2 is 2.03 bits per heavy atom. The summed E-state index contributed by atoms with van der Waals surface area (Å²) in [5.74, 6) is -0.550. The first-order chi connectivity index (χ1) is 14.4. The normalized spacial score (nSPS) is 11.0. The molecule has 152 valence electrons. The monoisotopic (exact) mass is 439 g/mol. The first-order valence-electron chi connectivity index (χ1n) is 9.18. The van der Waals surface area contributed by atoms with Crippen molar-refractivity contribution in [1.82, 2.24) is 9.55 Å². The van der Waals surface area contributed by atoms with Gasteiger partial charge in [-0.3, -0.25) is 14.2 Å². The molecule has 0 saturated heterocycles. The van der Waals surface area contributed by atoms with Crippen LogP contribution < -0.4 is 10.9 Å². The molecule has 8 heteroatoms. The molecule has 0 fully saturated rings. The largest absolute Gasteiger partial charge is 0.325 e. The molecule has 4 rings (SSSR count). The van der Waals surface area contributed by atoms with Gasteiger partial charge in [-0.25, -0.2) is 9.37 Å². The molecule has 0 saturated carbocycles. The molecular formula is C22H18FN3O2S2. The van der Waals surface area contributed by atoms with E-state index in [-0.39, 0.29) is 23.0 Å². The van der Waals surface area contributed by atoms with Crippen molar-refractivity contribution in [2.75, 3.05) is 11.1 Å². The third kappa shape index (κ3) is 4.15. The van der Waals surface area contributed by atoms with Crippen molar-refractivity contribution in [3.05, 3.63) is 81.2 Å². The molecule has 0 spiro atoms. The van der Waals surface area contributed by atoms with Gasteiger partial charge in [0.2, 0.25) is 5.91 Å². The Balaban J connectivity index is 1.64. The van der Waals surface area contributed by atoms with Crippen LogP contribution >= 0.6 is 23.1 Å². The molecule has 0 atom stereocenters. The maximum atomic E-state index is 13.3. The molecule has 0 aliphatic rings. The predicted molar refractivity (Wildman–Crippen MR) is 120 cm³/mol. The van der Waals surface area contributed by atoms with E-state index in [4.69, 9.17) is 0 Å². The number of hydrogen-bond acceptors (Lipinski definition) is 5. The van der Waals surface area contributed by atoms with Crippen LogP contribution in [0.5, 0.6) is 0 Å². The Bertz CT molecular complexity index is 1310. The molecule has 4 aromatic rings. The molecule has 0 bridgehead atoms. The highest BCUT2D eigenvalue weighted by Crippen LogP contribution is 2.24. The molecule has 0 aliphatic carbocycles. The van der Waals surface area contributed by atoms with Crippen molar-refractivity contribution in [2.45, 2.75) is 19.0 Å². The number of aryl methyl sites for hydroxylation is 2. The van der Waals surface area contributed by atoms with Gasteiger partial charge in [-0.15, -0.1) is 11.3 Å². The number of benzene rings is 2. The summed E-state index contributed by atoms with van der Waals surface area (Å²) in [5, 5.41) is 5.06. The lowest BCUT2D eigenvalue weighted by molar-refractivity contribution is -0.113. The molecule has 0 aliphatic heterocycles. The van der Waals surface area contributed by atoms with Gasteiger partial charge in [0.1, 0.15) is 10.5 Å². The van der Waals surface area contributed by atoms with Crippen LogP contribution in [0.25, 0.3) is 15.9 Å². The van der Waals surface area contributed by atoms with Crippen molar-refractivity contribution in [3.63, 3.8) is 0 Å². The quantitative estimate of drug-likeness (QED) is 0.354. The van der Waals surface area contributed by atoms with E-state index in [9.17, 15) is 14.0 Å².